The third-order valence-electron chi connectivity index (χ3n) is 7.34. The van der Waals surface area contributed by atoms with E-state index in [1.807, 2.05) is 10.8 Å². The summed E-state index contributed by atoms with van der Waals surface area (Å²) in [6, 6.07) is 12.8. The van der Waals surface area contributed by atoms with E-state index in [1.54, 1.807) is 18.5 Å². The summed E-state index contributed by atoms with van der Waals surface area (Å²) in [5.41, 5.74) is 4.97. The molecule has 2 fully saturated rings. The first-order chi connectivity index (χ1) is 14.9. The van der Waals surface area contributed by atoms with Gasteiger partial charge in [0.05, 0.1) is 17.6 Å². The van der Waals surface area contributed by atoms with Crippen molar-refractivity contribution >= 4 is 10.2 Å². The molecule has 1 saturated carbocycles. The van der Waals surface area contributed by atoms with E-state index in [9.17, 15) is 12.8 Å². The van der Waals surface area contributed by atoms with Gasteiger partial charge in [-0.3, -0.25) is 0 Å². The van der Waals surface area contributed by atoms with Crippen LogP contribution in [-0.2, 0) is 23.1 Å². The predicted molar refractivity (Wildman–Crippen MR) is 115 cm³/mol. The summed E-state index contributed by atoms with van der Waals surface area (Å²) in [4.78, 5) is 4.56. The average molecular weight is 439 g/mol. The fraction of sp³-hybridized carbons (Fsp3) is 0.348. The van der Waals surface area contributed by atoms with Crippen molar-refractivity contribution < 1.29 is 12.8 Å². The van der Waals surface area contributed by atoms with Crippen LogP contribution in [-0.4, -0.2) is 30.1 Å². The highest BCUT2D eigenvalue weighted by molar-refractivity contribution is 7.87. The van der Waals surface area contributed by atoms with Crippen molar-refractivity contribution in [3.8, 4) is 16.9 Å². The van der Waals surface area contributed by atoms with Crippen molar-refractivity contribution in [3.05, 3.63) is 71.9 Å². The highest BCUT2D eigenvalue weighted by Gasteiger charge is 2.56. The third kappa shape index (κ3) is 3.12. The number of halogens is 1. The number of nitrogens with one attached hydrogen (secondary N) is 2. The molecule has 6 rings (SSSR count). The molecule has 0 radical (unpaired) electrons. The van der Waals surface area contributed by atoms with Crippen molar-refractivity contribution in [1.82, 2.24) is 19.0 Å². The first-order valence-corrected chi connectivity index (χ1v) is 12.1. The summed E-state index contributed by atoms with van der Waals surface area (Å²) < 4.78 is 45.0. The van der Waals surface area contributed by atoms with Gasteiger partial charge in [-0.1, -0.05) is 12.1 Å². The van der Waals surface area contributed by atoms with Crippen LogP contribution in [0.2, 0.25) is 0 Å². The zero-order valence-electron chi connectivity index (χ0n) is 16.9. The lowest BCUT2D eigenvalue weighted by molar-refractivity contribution is 0.245. The Morgan fingerprint density at radius 2 is 1.77 bits per heavy atom. The van der Waals surface area contributed by atoms with Crippen molar-refractivity contribution in [2.24, 2.45) is 11.8 Å². The van der Waals surface area contributed by atoms with Gasteiger partial charge in [-0.15, -0.1) is 0 Å². The minimum Gasteiger partial charge on any atom is -0.306 e. The standard InChI is InChI=1S/C23H23FN4O2S/c24-20-5-7-21(8-6-20)28-12-22(25-14-28)16-2-1-15-10-18-3-4-19(11-17(15)9-16)23(18)13-26-31(29,30)27-23/h1-2,5-9,12,14,18-19,26-27H,3-4,10-11,13H2/t18-,19+,23+/m0/s1. The molecule has 1 aliphatic heterocycles. The van der Waals surface area contributed by atoms with Crippen LogP contribution >= 0.6 is 0 Å². The molecule has 1 saturated heterocycles. The number of aromatic nitrogens is 2. The summed E-state index contributed by atoms with van der Waals surface area (Å²) in [6.07, 6.45) is 7.54. The van der Waals surface area contributed by atoms with Crippen LogP contribution < -0.4 is 9.44 Å². The fourth-order valence-electron chi connectivity index (χ4n) is 5.74. The molecule has 3 aliphatic rings. The maximum Gasteiger partial charge on any atom is 0.277 e. The molecule has 2 bridgehead atoms. The smallest absolute Gasteiger partial charge is 0.277 e. The lowest BCUT2D eigenvalue weighted by Crippen LogP contribution is -2.52. The molecule has 3 aromatic rings. The van der Waals surface area contributed by atoms with Crippen LogP contribution in [0.4, 0.5) is 4.39 Å². The molecule has 2 N–H and O–H groups in total. The number of hydrogen-bond donors (Lipinski definition) is 2. The van der Waals surface area contributed by atoms with Crippen LogP contribution in [0.3, 0.4) is 0 Å². The Bertz CT molecular complexity index is 1270. The third-order valence-corrected chi connectivity index (χ3v) is 8.51. The summed E-state index contributed by atoms with van der Waals surface area (Å²) in [7, 11) is -3.40. The summed E-state index contributed by atoms with van der Waals surface area (Å²) in [5, 5.41) is 0. The first kappa shape index (κ1) is 19.2. The monoisotopic (exact) mass is 438 g/mol. The molecular formula is C23H23FN4O2S. The van der Waals surface area contributed by atoms with Crippen LogP contribution in [0.1, 0.15) is 24.0 Å². The number of hydrogen-bond acceptors (Lipinski definition) is 3. The normalized spacial score (nSPS) is 28.5. The zero-order chi connectivity index (χ0) is 21.2. The Kier molecular flexibility index (Phi) is 4.15. The lowest BCUT2D eigenvalue weighted by Gasteiger charge is -2.33. The largest absolute Gasteiger partial charge is 0.306 e. The number of imidazole rings is 1. The van der Waals surface area contributed by atoms with E-state index < -0.39 is 10.2 Å². The maximum atomic E-state index is 13.2. The number of rotatable bonds is 2. The Labute approximate surface area is 180 Å². The molecule has 3 atom stereocenters. The Morgan fingerprint density at radius 3 is 2.48 bits per heavy atom. The minimum atomic E-state index is -3.40. The molecular weight excluding hydrogens is 415 g/mol. The molecule has 2 aliphatic carbocycles. The predicted octanol–water partition coefficient (Wildman–Crippen LogP) is 2.98. The van der Waals surface area contributed by atoms with E-state index >= 15 is 0 Å². The van der Waals surface area contributed by atoms with Crippen molar-refractivity contribution in [3.63, 3.8) is 0 Å². The molecule has 1 aromatic heterocycles. The van der Waals surface area contributed by atoms with Gasteiger partial charge < -0.3 is 4.57 Å². The van der Waals surface area contributed by atoms with Gasteiger partial charge in [0.25, 0.3) is 10.2 Å². The number of benzene rings is 2. The van der Waals surface area contributed by atoms with E-state index in [0.717, 1.165) is 42.6 Å². The van der Waals surface area contributed by atoms with Gasteiger partial charge in [0.15, 0.2) is 0 Å². The maximum absolute atomic E-state index is 13.2. The Hall–Kier alpha value is -2.55. The van der Waals surface area contributed by atoms with Gasteiger partial charge >= 0.3 is 0 Å². The minimum absolute atomic E-state index is 0.262. The highest BCUT2D eigenvalue weighted by Crippen LogP contribution is 2.49. The van der Waals surface area contributed by atoms with E-state index in [-0.39, 0.29) is 17.3 Å². The van der Waals surface area contributed by atoms with E-state index in [1.165, 1.54) is 23.3 Å². The van der Waals surface area contributed by atoms with Gasteiger partial charge in [0.2, 0.25) is 0 Å². The topological polar surface area (TPSA) is 76.0 Å². The summed E-state index contributed by atoms with van der Waals surface area (Å²) in [6.45, 7) is 0.480. The molecule has 2 aromatic carbocycles. The molecule has 1 spiro atoms. The number of fused-ring (bicyclic) bond motifs is 1. The van der Waals surface area contributed by atoms with Crippen molar-refractivity contribution in [2.75, 3.05) is 6.54 Å². The second-order valence-electron chi connectivity index (χ2n) is 8.97. The van der Waals surface area contributed by atoms with Crippen LogP contribution in [0, 0.1) is 17.7 Å². The fourth-order valence-corrected chi connectivity index (χ4v) is 7.15. The lowest BCUT2D eigenvalue weighted by atomic mass is 9.80. The Balaban J connectivity index is 1.32. The van der Waals surface area contributed by atoms with Gasteiger partial charge in [-0.25, -0.2) is 14.1 Å². The molecule has 31 heavy (non-hydrogen) atoms. The molecule has 2 heterocycles. The quantitative estimate of drug-likeness (QED) is 0.646. The van der Waals surface area contributed by atoms with E-state index in [4.69, 9.17) is 0 Å². The molecule has 8 heteroatoms. The summed E-state index contributed by atoms with van der Waals surface area (Å²) in [5.74, 6) is 0.337. The van der Waals surface area contributed by atoms with Gasteiger partial charge in [0, 0.05) is 24.0 Å². The van der Waals surface area contributed by atoms with Gasteiger partial charge in [0.1, 0.15) is 5.82 Å². The van der Waals surface area contributed by atoms with E-state index in [2.05, 4.69) is 32.6 Å². The molecule has 6 nitrogen and oxygen atoms in total. The second-order valence-corrected chi connectivity index (χ2v) is 10.5. The van der Waals surface area contributed by atoms with E-state index in [0.29, 0.717) is 12.5 Å². The molecule has 160 valence electrons. The van der Waals surface area contributed by atoms with Gasteiger partial charge in [-0.2, -0.15) is 13.1 Å². The highest BCUT2D eigenvalue weighted by atomic mass is 32.2. The SMILES string of the molecule is O=S1(=O)NC[C@]2(N1)[C@@H]1CC[C@H]2Cc2ccc(-c3cn(-c4ccc(F)cc4)cn3)cc2C1. The summed E-state index contributed by atoms with van der Waals surface area (Å²) >= 11 is 0. The molecule has 0 unspecified atom stereocenters. The van der Waals surface area contributed by atoms with Crippen LogP contribution in [0.5, 0.6) is 0 Å². The van der Waals surface area contributed by atoms with Crippen molar-refractivity contribution in [1.29, 1.82) is 0 Å². The van der Waals surface area contributed by atoms with Crippen LogP contribution in [0.25, 0.3) is 16.9 Å². The first-order valence-electron chi connectivity index (χ1n) is 10.6. The Morgan fingerprint density at radius 1 is 1.03 bits per heavy atom. The second kappa shape index (κ2) is 6.72. The van der Waals surface area contributed by atoms with Gasteiger partial charge in [-0.05, 0) is 79.0 Å². The van der Waals surface area contributed by atoms with Crippen LogP contribution in [0.15, 0.2) is 55.0 Å². The average Bonchev–Trinajstić information content (AvgIpc) is 3.40. The molecule has 0 amide bonds. The van der Waals surface area contributed by atoms with Crippen molar-refractivity contribution in [2.45, 2.75) is 31.2 Å². The zero-order valence-corrected chi connectivity index (χ0v) is 17.7. The number of nitrogens with zero attached hydrogens (tertiary/aromatic N) is 2.